The first-order chi connectivity index (χ1) is 35.8. The Morgan fingerprint density at radius 3 is 1.71 bits per heavy atom. The maximum Gasteiger partial charge on any atom is 0.135 e. The van der Waals surface area contributed by atoms with Gasteiger partial charge in [0, 0.05) is 72.5 Å². The molecule has 0 aliphatic carbocycles. The summed E-state index contributed by atoms with van der Waals surface area (Å²) in [4.78, 5) is 9.77. The number of anilines is 4. The number of aryl methyl sites for hydroxylation is 1. The summed E-state index contributed by atoms with van der Waals surface area (Å²) in [5, 5.41) is 2.17. The van der Waals surface area contributed by atoms with Crippen LogP contribution < -0.4 is 14.5 Å². The van der Waals surface area contributed by atoms with Crippen molar-refractivity contribution in [3.8, 4) is 61.8 Å². The molecule has 1 aliphatic rings. The molecule has 2 aromatic heterocycles. The second-order valence-electron chi connectivity index (χ2n) is 21.5. The SMILES string of the molecule is Cc1cc(-n2c3[c-]c(Oc4[c-]c(N5[CH-]N(c6cc(C(C)(C)C)cc(C(C)(C)C)c6)c6c(-c7ccccc7)cccc65)ccc4)ccc3c3cc(-c4ccccc4)ccc32)ncc1-c1ccc(-c2ccccc2)cc1.[Pt]. The van der Waals surface area contributed by atoms with Gasteiger partial charge >= 0.3 is 0 Å². The van der Waals surface area contributed by atoms with Gasteiger partial charge < -0.3 is 19.1 Å². The van der Waals surface area contributed by atoms with Crippen LogP contribution in [0.25, 0.3) is 72.1 Å². The molecule has 1 aliphatic heterocycles. The maximum atomic E-state index is 6.81. The van der Waals surface area contributed by atoms with E-state index < -0.39 is 0 Å². The first-order valence-electron chi connectivity index (χ1n) is 25.5. The molecule has 6 heteroatoms. The maximum absolute atomic E-state index is 6.81. The van der Waals surface area contributed by atoms with Crippen molar-refractivity contribution in [3.05, 3.63) is 248 Å². The number of pyridine rings is 1. The molecule has 0 saturated heterocycles. The molecule has 11 aromatic rings. The van der Waals surface area contributed by atoms with Crippen LogP contribution in [0.15, 0.2) is 212 Å². The predicted molar refractivity (Wildman–Crippen MR) is 308 cm³/mol. The number of hydrogen-bond donors (Lipinski definition) is 0. The zero-order valence-electron chi connectivity index (χ0n) is 43.3. The van der Waals surface area contributed by atoms with E-state index in [1.54, 1.807) is 0 Å². The average molecular weight is 1150 g/mol. The van der Waals surface area contributed by atoms with E-state index in [9.17, 15) is 0 Å². The Morgan fingerprint density at radius 2 is 1.05 bits per heavy atom. The summed E-state index contributed by atoms with van der Waals surface area (Å²) >= 11 is 0. The van der Waals surface area contributed by atoms with Gasteiger partial charge in [-0.25, -0.2) is 4.98 Å². The Balaban J connectivity index is 0.00000602. The summed E-state index contributed by atoms with van der Waals surface area (Å²) < 4.78 is 9.03. The van der Waals surface area contributed by atoms with Crippen LogP contribution in [0.3, 0.4) is 0 Å². The number of ether oxygens (including phenoxy) is 1. The number of aromatic nitrogens is 2. The molecule has 9 aromatic carbocycles. The van der Waals surface area contributed by atoms with Crippen LogP contribution in [-0.2, 0) is 31.9 Å². The number of nitrogens with zero attached hydrogens (tertiary/aromatic N) is 4. The summed E-state index contributed by atoms with van der Waals surface area (Å²) in [6.07, 6.45) is 2.00. The van der Waals surface area contributed by atoms with Gasteiger partial charge in [-0.15, -0.1) is 48.1 Å². The van der Waals surface area contributed by atoms with E-state index in [4.69, 9.17) is 9.72 Å². The molecule has 0 spiro atoms. The molecule has 372 valence electrons. The molecule has 0 saturated carbocycles. The number of benzene rings is 9. The van der Waals surface area contributed by atoms with E-state index in [1.165, 1.54) is 22.3 Å². The molecule has 0 radical (unpaired) electrons. The van der Waals surface area contributed by atoms with Crippen LogP contribution in [0.5, 0.6) is 11.5 Å². The molecule has 0 fully saturated rings. The van der Waals surface area contributed by atoms with Gasteiger partial charge in [-0.1, -0.05) is 193 Å². The van der Waals surface area contributed by atoms with Crippen LogP contribution in [0.1, 0.15) is 58.2 Å². The van der Waals surface area contributed by atoms with E-state index >= 15 is 0 Å². The monoisotopic (exact) mass is 1150 g/mol. The fourth-order valence-electron chi connectivity index (χ4n) is 10.3. The van der Waals surface area contributed by atoms with Crippen LogP contribution in [0.2, 0.25) is 0 Å². The second kappa shape index (κ2) is 19.7. The molecule has 12 rings (SSSR count). The predicted octanol–water partition coefficient (Wildman–Crippen LogP) is 18.5. The van der Waals surface area contributed by atoms with Crippen molar-refractivity contribution in [3.63, 3.8) is 0 Å². The summed E-state index contributed by atoms with van der Waals surface area (Å²) in [5.41, 5.74) is 18.9. The van der Waals surface area contributed by atoms with E-state index in [-0.39, 0.29) is 31.9 Å². The molecule has 0 atom stereocenters. The molecular formula is C69H57N4OPt-3. The number of fused-ring (bicyclic) bond motifs is 4. The minimum absolute atomic E-state index is 0. The Bertz CT molecular complexity index is 3840. The van der Waals surface area contributed by atoms with Crippen LogP contribution in [-0.4, -0.2) is 9.55 Å². The molecule has 0 N–H and O–H groups in total. The minimum Gasteiger partial charge on any atom is -0.509 e. The standard InChI is InChI=1S/C69H57N4O.Pt/c1-46-37-66(70-44-62(46)51-31-29-49(30-32-51)47-19-11-8-12-20-47)73-63-36-33-52(48-21-13-9-14-22-48)38-61(63)60-35-34-58(43-65(60)73)74-57-26-17-25-55(42-57)71-45-72(56-40-53(68(2,3)4)39-54(41-56)69(5,6)7)67-59(27-18-28-64(67)71)50-23-15-10-16-24-50;/h8-41,44-45H,1-7H3;/q-3;. The largest absolute Gasteiger partial charge is 0.509 e. The second-order valence-corrected chi connectivity index (χ2v) is 21.5. The third-order valence-corrected chi connectivity index (χ3v) is 14.4. The van der Waals surface area contributed by atoms with Crippen molar-refractivity contribution in [1.29, 1.82) is 0 Å². The minimum atomic E-state index is -0.0488. The van der Waals surface area contributed by atoms with Crippen molar-refractivity contribution < 1.29 is 25.8 Å². The first-order valence-corrected chi connectivity index (χ1v) is 25.5. The Morgan fingerprint density at radius 1 is 0.480 bits per heavy atom. The zero-order valence-corrected chi connectivity index (χ0v) is 45.6. The normalized spacial score (nSPS) is 12.5. The van der Waals surface area contributed by atoms with Gasteiger partial charge in [0.1, 0.15) is 5.82 Å². The Kier molecular flexibility index (Phi) is 12.9. The van der Waals surface area contributed by atoms with Gasteiger partial charge in [0.2, 0.25) is 0 Å². The van der Waals surface area contributed by atoms with Gasteiger partial charge in [-0.05, 0) is 104 Å². The van der Waals surface area contributed by atoms with E-state index in [2.05, 4.69) is 264 Å². The quantitative estimate of drug-likeness (QED) is 0.135. The van der Waals surface area contributed by atoms with Crippen molar-refractivity contribution in [1.82, 2.24) is 9.55 Å². The van der Waals surface area contributed by atoms with Gasteiger partial charge in [-0.2, -0.15) is 12.1 Å². The fourth-order valence-corrected chi connectivity index (χ4v) is 10.3. The van der Waals surface area contributed by atoms with Gasteiger partial charge in [-0.3, -0.25) is 0 Å². The number of para-hydroxylation sites is 1. The first kappa shape index (κ1) is 49.2. The molecule has 0 unspecified atom stereocenters. The third-order valence-electron chi connectivity index (χ3n) is 14.4. The molecule has 0 bridgehead atoms. The fraction of sp³-hybridized carbons (Fsp3) is 0.130. The van der Waals surface area contributed by atoms with Crippen molar-refractivity contribution >= 4 is 44.6 Å². The van der Waals surface area contributed by atoms with E-state index in [1.807, 2.05) is 30.5 Å². The van der Waals surface area contributed by atoms with E-state index in [0.29, 0.717) is 11.5 Å². The van der Waals surface area contributed by atoms with Crippen molar-refractivity contribution in [2.75, 3.05) is 9.80 Å². The summed E-state index contributed by atoms with van der Waals surface area (Å²) in [7, 11) is 0. The summed E-state index contributed by atoms with van der Waals surface area (Å²) in [6, 6.07) is 80.7. The summed E-state index contributed by atoms with van der Waals surface area (Å²) in [5.74, 6) is 1.98. The molecule has 5 nitrogen and oxygen atoms in total. The van der Waals surface area contributed by atoms with Crippen LogP contribution in [0, 0.1) is 25.7 Å². The molecule has 3 heterocycles. The van der Waals surface area contributed by atoms with Crippen molar-refractivity contribution in [2.45, 2.75) is 59.3 Å². The Labute approximate surface area is 456 Å². The Hall–Kier alpha value is -7.98. The zero-order chi connectivity index (χ0) is 50.7. The molecular weight excluding hydrogens is 1100 g/mol. The average Bonchev–Trinajstić information content (AvgIpc) is 3.99. The van der Waals surface area contributed by atoms with Gasteiger partial charge in [0.25, 0.3) is 0 Å². The van der Waals surface area contributed by atoms with Gasteiger partial charge in [0.15, 0.2) is 0 Å². The van der Waals surface area contributed by atoms with Crippen LogP contribution >= 0.6 is 0 Å². The van der Waals surface area contributed by atoms with E-state index in [0.717, 1.165) is 89.3 Å². The number of rotatable bonds is 9. The summed E-state index contributed by atoms with van der Waals surface area (Å²) in [6.45, 7) is 18.1. The van der Waals surface area contributed by atoms with Crippen molar-refractivity contribution in [2.24, 2.45) is 0 Å². The smallest absolute Gasteiger partial charge is 0.135 e. The molecule has 75 heavy (non-hydrogen) atoms. The number of hydrogen-bond acceptors (Lipinski definition) is 4. The van der Waals surface area contributed by atoms with Gasteiger partial charge in [0.05, 0.1) is 0 Å². The topological polar surface area (TPSA) is 33.5 Å². The third kappa shape index (κ3) is 9.47. The molecule has 0 amide bonds. The van der Waals surface area contributed by atoms with Crippen LogP contribution in [0.4, 0.5) is 22.7 Å².